The van der Waals surface area contributed by atoms with Gasteiger partial charge in [-0.1, -0.05) is 6.92 Å². The van der Waals surface area contributed by atoms with Crippen LogP contribution in [0.15, 0.2) is 32.8 Å². The van der Waals surface area contributed by atoms with Crippen LogP contribution in [0.1, 0.15) is 17.5 Å². The van der Waals surface area contributed by atoms with Gasteiger partial charge in [0.2, 0.25) is 0 Å². The average molecular weight is 332 g/mol. The van der Waals surface area contributed by atoms with E-state index >= 15 is 0 Å². The Bertz CT molecular complexity index is 1070. The third kappa shape index (κ3) is 2.55. The summed E-state index contributed by atoms with van der Waals surface area (Å²) in [7, 11) is 3.00. The first kappa shape index (κ1) is 15.4. The molecule has 120 valence electrons. The van der Waals surface area contributed by atoms with Crippen molar-refractivity contribution in [1.82, 2.24) is 18.7 Å². The number of aromatic nitrogens is 4. The van der Waals surface area contributed by atoms with Crippen LogP contribution in [0.2, 0.25) is 0 Å². The van der Waals surface area contributed by atoms with Gasteiger partial charge in [0.25, 0.3) is 11.1 Å². The van der Waals surface area contributed by atoms with Crippen molar-refractivity contribution >= 4 is 21.6 Å². The van der Waals surface area contributed by atoms with E-state index in [2.05, 4.69) is 4.98 Å². The normalized spacial score (nSPS) is 11.3. The van der Waals surface area contributed by atoms with Gasteiger partial charge in [-0.3, -0.25) is 23.3 Å². The standard InChI is InChI=1S/C15H16N4O3S/c1-4-10-6-11-13(23-10)16-8-19(14(11)21)7-9-5-12(20)18(3)15(22)17(9)2/h5-6,8H,4,7H2,1-3H3. The zero-order chi connectivity index (χ0) is 16.7. The summed E-state index contributed by atoms with van der Waals surface area (Å²) in [6.45, 7) is 2.15. The van der Waals surface area contributed by atoms with Crippen molar-refractivity contribution in [3.8, 4) is 0 Å². The molecule has 0 spiro atoms. The smallest absolute Gasteiger partial charge is 0.299 e. The molecule has 0 aromatic carbocycles. The lowest BCUT2D eigenvalue weighted by molar-refractivity contribution is 0.616. The molecule has 3 aromatic rings. The molecule has 3 rings (SSSR count). The molecule has 0 amide bonds. The maximum absolute atomic E-state index is 12.6. The minimum Gasteiger partial charge on any atom is -0.299 e. The van der Waals surface area contributed by atoms with E-state index in [1.807, 2.05) is 13.0 Å². The number of hydrogen-bond acceptors (Lipinski definition) is 5. The lowest BCUT2D eigenvalue weighted by atomic mass is 10.3. The molecule has 7 nitrogen and oxygen atoms in total. The van der Waals surface area contributed by atoms with Crippen LogP contribution in [0.25, 0.3) is 10.2 Å². The summed E-state index contributed by atoms with van der Waals surface area (Å²) in [5.41, 5.74) is -0.515. The largest absolute Gasteiger partial charge is 0.330 e. The first-order valence-corrected chi connectivity index (χ1v) is 7.97. The molecule has 0 aliphatic heterocycles. The van der Waals surface area contributed by atoms with Gasteiger partial charge in [0, 0.05) is 30.7 Å². The number of nitrogens with zero attached hydrogens (tertiary/aromatic N) is 4. The zero-order valence-electron chi connectivity index (χ0n) is 13.1. The summed E-state index contributed by atoms with van der Waals surface area (Å²) in [4.78, 5) is 42.4. The Kier molecular flexibility index (Phi) is 3.77. The summed E-state index contributed by atoms with van der Waals surface area (Å²) < 4.78 is 3.81. The fourth-order valence-electron chi connectivity index (χ4n) is 2.40. The fourth-order valence-corrected chi connectivity index (χ4v) is 3.33. The van der Waals surface area contributed by atoms with E-state index in [1.54, 1.807) is 7.05 Å². The van der Waals surface area contributed by atoms with Gasteiger partial charge in [-0.2, -0.15) is 0 Å². The molecule has 3 aromatic heterocycles. The van der Waals surface area contributed by atoms with Crippen LogP contribution >= 0.6 is 11.3 Å². The quantitative estimate of drug-likeness (QED) is 0.698. The monoisotopic (exact) mass is 332 g/mol. The van der Waals surface area contributed by atoms with Gasteiger partial charge < -0.3 is 0 Å². The summed E-state index contributed by atoms with van der Waals surface area (Å²) in [5.74, 6) is 0. The Hall–Kier alpha value is -2.48. The van der Waals surface area contributed by atoms with E-state index in [9.17, 15) is 14.4 Å². The van der Waals surface area contributed by atoms with Gasteiger partial charge in [-0.25, -0.2) is 9.78 Å². The molecule has 23 heavy (non-hydrogen) atoms. The van der Waals surface area contributed by atoms with Crippen LogP contribution in [0.4, 0.5) is 0 Å². The fraction of sp³-hybridized carbons (Fsp3) is 0.333. The molecule has 0 aliphatic rings. The second-order valence-corrected chi connectivity index (χ2v) is 6.45. The summed E-state index contributed by atoms with van der Waals surface area (Å²) >= 11 is 1.50. The third-order valence-corrected chi connectivity index (χ3v) is 5.06. The van der Waals surface area contributed by atoms with Crippen LogP contribution in [0.3, 0.4) is 0 Å². The Morgan fingerprint density at radius 3 is 2.57 bits per heavy atom. The molecule has 0 aliphatic carbocycles. The Labute approximate surface area is 135 Å². The van der Waals surface area contributed by atoms with Crippen molar-refractivity contribution in [3.63, 3.8) is 0 Å². The second-order valence-electron chi connectivity index (χ2n) is 5.34. The van der Waals surface area contributed by atoms with Crippen molar-refractivity contribution in [1.29, 1.82) is 0 Å². The van der Waals surface area contributed by atoms with E-state index in [-0.39, 0.29) is 12.1 Å². The number of thiophene rings is 1. The van der Waals surface area contributed by atoms with Crippen LogP contribution in [-0.4, -0.2) is 18.7 Å². The molecule has 0 atom stereocenters. The maximum Gasteiger partial charge on any atom is 0.330 e. The Morgan fingerprint density at radius 1 is 1.13 bits per heavy atom. The SMILES string of the molecule is CCc1cc2c(=O)n(Cc3cc(=O)n(C)c(=O)n3C)cnc2s1. The van der Waals surface area contributed by atoms with E-state index in [4.69, 9.17) is 0 Å². The van der Waals surface area contributed by atoms with Gasteiger partial charge in [-0.05, 0) is 12.5 Å². The number of aryl methyl sites for hydroxylation is 1. The van der Waals surface area contributed by atoms with Gasteiger partial charge in [0.1, 0.15) is 4.83 Å². The molecule has 0 unspecified atom stereocenters. The molecule has 0 N–H and O–H groups in total. The van der Waals surface area contributed by atoms with E-state index < -0.39 is 11.2 Å². The number of hydrogen-bond donors (Lipinski definition) is 0. The number of rotatable bonds is 3. The van der Waals surface area contributed by atoms with Crippen molar-refractivity contribution in [2.45, 2.75) is 19.9 Å². The van der Waals surface area contributed by atoms with Crippen molar-refractivity contribution in [2.24, 2.45) is 14.1 Å². The first-order valence-electron chi connectivity index (χ1n) is 7.16. The van der Waals surface area contributed by atoms with Crippen LogP contribution < -0.4 is 16.8 Å². The Balaban J connectivity index is 2.13. The predicted molar refractivity (Wildman–Crippen MR) is 89.3 cm³/mol. The average Bonchev–Trinajstić information content (AvgIpc) is 2.97. The highest BCUT2D eigenvalue weighted by Gasteiger charge is 2.11. The summed E-state index contributed by atoms with van der Waals surface area (Å²) in [5, 5.41) is 0.572. The molecule has 0 radical (unpaired) electrons. The molecule has 0 bridgehead atoms. The van der Waals surface area contributed by atoms with Gasteiger partial charge >= 0.3 is 5.69 Å². The highest BCUT2D eigenvalue weighted by Crippen LogP contribution is 2.21. The molecule has 0 saturated carbocycles. The lowest BCUT2D eigenvalue weighted by Crippen LogP contribution is -2.39. The molecular formula is C15H16N4O3S. The highest BCUT2D eigenvalue weighted by molar-refractivity contribution is 7.18. The third-order valence-electron chi connectivity index (χ3n) is 3.88. The van der Waals surface area contributed by atoms with Crippen molar-refractivity contribution < 1.29 is 0 Å². The van der Waals surface area contributed by atoms with Crippen LogP contribution in [0, 0.1) is 0 Å². The second kappa shape index (κ2) is 5.62. The molecule has 0 fully saturated rings. The molecule has 8 heteroatoms. The Morgan fingerprint density at radius 2 is 1.87 bits per heavy atom. The minimum atomic E-state index is -0.418. The first-order chi connectivity index (χ1) is 10.9. The van der Waals surface area contributed by atoms with Crippen molar-refractivity contribution in [3.05, 3.63) is 60.2 Å². The molecular weight excluding hydrogens is 316 g/mol. The predicted octanol–water partition coefficient (Wildman–Crippen LogP) is 0.466. The van der Waals surface area contributed by atoms with Gasteiger partial charge in [0.15, 0.2) is 0 Å². The minimum absolute atomic E-state index is 0.126. The van der Waals surface area contributed by atoms with E-state index in [0.29, 0.717) is 15.9 Å². The molecule has 3 heterocycles. The zero-order valence-corrected chi connectivity index (χ0v) is 13.9. The lowest BCUT2D eigenvalue weighted by Gasteiger charge is -2.10. The van der Waals surface area contributed by atoms with E-state index in [1.165, 1.54) is 39.9 Å². The van der Waals surface area contributed by atoms with Gasteiger partial charge in [0.05, 0.1) is 18.3 Å². The van der Waals surface area contributed by atoms with Crippen LogP contribution in [-0.2, 0) is 27.1 Å². The summed E-state index contributed by atoms with van der Waals surface area (Å²) in [6.07, 6.45) is 2.31. The number of fused-ring (bicyclic) bond motifs is 1. The van der Waals surface area contributed by atoms with E-state index in [0.717, 1.165) is 15.9 Å². The summed E-state index contributed by atoms with van der Waals surface area (Å²) in [6, 6.07) is 3.22. The van der Waals surface area contributed by atoms with Crippen molar-refractivity contribution in [2.75, 3.05) is 0 Å². The highest BCUT2D eigenvalue weighted by atomic mass is 32.1. The van der Waals surface area contributed by atoms with Gasteiger partial charge in [-0.15, -0.1) is 11.3 Å². The van der Waals surface area contributed by atoms with Crippen LogP contribution in [0.5, 0.6) is 0 Å². The molecule has 0 saturated heterocycles. The maximum atomic E-state index is 12.6. The topological polar surface area (TPSA) is 78.9 Å².